The molecule has 2 spiro atoms. The van der Waals surface area contributed by atoms with Gasteiger partial charge in [0, 0.05) is 30.4 Å². The van der Waals surface area contributed by atoms with Gasteiger partial charge in [0.15, 0.2) is 0 Å². The Balaban J connectivity index is 0.773. The number of aromatic amines is 1. The number of amides is 3. The van der Waals surface area contributed by atoms with E-state index in [2.05, 4.69) is 77.6 Å². The Morgan fingerprint density at radius 3 is 1.90 bits per heavy atom. The number of nitrogens with zero attached hydrogens (tertiary/aromatic N) is 4. The molecule has 3 aromatic rings. The molecule has 2 aromatic carbocycles. The summed E-state index contributed by atoms with van der Waals surface area (Å²) in [4.78, 5) is 70.6. The standard InChI is InChI=1S/C50H60N6O6/c1-29-5-15-41(55(29)46(58)38(22-43(57)61-3)36-23-49(24-36)17-18-49)39-21-35(27-51-39)33-9-7-31(8-10-33)32-11-13-34(14-12-32)40-28-52-45(53-40)42-16-6-30(2)56(42)47(59)44(54-48(60)62-4)37-25-50(26-37)19-20-50/h7-14,27-30,36-38,41-42,44H,5-6,15-26H2,1-4H3,(H,52,53)(H,54,60)/t29-,30-,38?,41-,42-,44?/m0/s1. The Hall–Kier alpha value is -5.26. The van der Waals surface area contributed by atoms with E-state index < -0.39 is 12.1 Å². The number of methoxy groups -OCH3 is 2. The summed E-state index contributed by atoms with van der Waals surface area (Å²) in [6.45, 7) is 4.22. The van der Waals surface area contributed by atoms with Crippen LogP contribution >= 0.6 is 0 Å². The number of carbonyl (C=O) groups is 4. The molecule has 62 heavy (non-hydrogen) atoms. The zero-order chi connectivity index (χ0) is 42.9. The van der Waals surface area contributed by atoms with Gasteiger partial charge in [-0.25, -0.2) is 9.78 Å². The minimum absolute atomic E-state index is 0.0324. The molecule has 0 radical (unpaired) electrons. The van der Waals surface area contributed by atoms with Crippen LogP contribution in [-0.2, 0) is 23.9 Å². The van der Waals surface area contributed by atoms with Gasteiger partial charge in [-0.1, -0.05) is 48.5 Å². The molecule has 7 aliphatic rings. The lowest BCUT2D eigenvalue weighted by molar-refractivity contribution is -0.151. The summed E-state index contributed by atoms with van der Waals surface area (Å²) >= 11 is 0. The van der Waals surface area contributed by atoms with Crippen molar-refractivity contribution >= 4 is 35.2 Å². The quantitative estimate of drug-likeness (QED) is 0.174. The topological polar surface area (TPSA) is 146 Å². The third kappa shape index (κ3) is 7.55. The molecule has 0 bridgehead atoms. The summed E-state index contributed by atoms with van der Waals surface area (Å²) in [6, 6.07) is 16.3. The normalized spacial score (nSPS) is 27.5. The van der Waals surface area contributed by atoms with E-state index in [0.29, 0.717) is 17.3 Å². The van der Waals surface area contributed by atoms with Crippen LogP contribution in [0, 0.1) is 28.6 Å². The number of likely N-dealkylation sites (tertiary alicyclic amines) is 2. The highest BCUT2D eigenvalue weighted by Gasteiger charge is 2.58. The predicted octanol–water partition coefficient (Wildman–Crippen LogP) is 8.65. The van der Waals surface area contributed by atoms with Crippen molar-refractivity contribution in [2.75, 3.05) is 14.2 Å². The van der Waals surface area contributed by atoms with E-state index in [4.69, 9.17) is 19.5 Å². The van der Waals surface area contributed by atoms with E-state index in [1.165, 1.54) is 39.9 Å². The Kier molecular flexibility index (Phi) is 10.4. The maximum Gasteiger partial charge on any atom is 0.407 e. The summed E-state index contributed by atoms with van der Waals surface area (Å²) in [5, 5.41) is 2.89. The van der Waals surface area contributed by atoms with Crippen LogP contribution < -0.4 is 5.32 Å². The number of hydrogen-bond acceptors (Lipinski definition) is 8. The minimum Gasteiger partial charge on any atom is -0.469 e. The first kappa shape index (κ1) is 40.8. The van der Waals surface area contributed by atoms with E-state index in [9.17, 15) is 19.2 Å². The van der Waals surface area contributed by atoms with Gasteiger partial charge in [-0.2, -0.15) is 0 Å². The molecule has 4 aliphatic carbocycles. The number of esters is 1. The van der Waals surface area contributed by atoms with Gasteiger partial charge < -0.3 is 29.6 Å². The Morgan fingerprint density at radius 1 is 0.742 bits per heavy atom. The van der Waals surface area contributed by atoms with Gasteiger partial charge in [0.2, 0.25) is 11.8 Å². The maximum atomic E-state index is 14.3. The van der Waals surface area contributed by atoms with E-state index in [0.717, 1.165) is 96.4 Å². The Labute approximate surface area is 364 Å². The second kappa shape index (κ2) is 15.8. The number of rotatable bonds is 12. The number of carbonyl (C=O) groups excluding carboxylic acids is 4. The number of aliphatic imine (C=N–C) groups is 1. The first-order valence-electron chi connectivity index (χ1n) is 23.0. The lowest BCUT2D eigenvalue weighted by Gasteiger charge is -2.43. The van der Waals surface area contributed by atoms with Crippen molar-refractivity contribution in [2.45, 2.75) is 134 Å². The lowest BCUT2D eigenvalue weighted by Crippen LogP contribution is -2.56. The van der Waals surface area contributed by atoms with E-state index in [1.54, 1.807) is 0 Å². The third-order valence-corrected chi connectivity index (χ3v) is 16.1. The number of allylic oxidation sites excluding steroid dienone is 1. The third-order valence-electron chi connectivity index (χ3n) is 16.1. The van der Waals surface area contributed by atoms with E-state index >= 15 is 0 Å². The highest BCUT2D eigenvalue weighted by atomic mass is 16.5. The van der Waals surface area contributed by atoms with E-state index in [-0.39, 0.29) is 66.1 Å². The molecule has 10 rings (SSSR count). The first-order valence-corrected chi connectivity index (χ1v) is 23.0. The highest BCUT2D eigenvalue weighted by Crippen LogP contribution is 2.66. The molecule has 1 aromatic heterocycles. The van der Waals surface area contributed by atoms with Gasteiger partial charge in [-0.05, 0) is 141 Å². The average molecular weight is 841 g/mol. The van der Waals surface area contributed by atoms with Crippen molar-refractivity contribution in [3.05, 3.63) is 72.3 Å². The van der Waals surface area contributed by atoms with Crippen molar-refractivity contribution in [3.63, 3.8) is 0 Å². The molecule has 4 heterocycles. The number of alkyl carbamates (subject to hydrolysis) is 1. The average Bonchev–Trinajstić information content (AvgIpc) is 3.97. The minimum atomic E-state index is -0.595. The van der Waals surface area contributed by atoms with Crippen LogP contribution in [0.1, 0.15) is 121 Å². The molecule has 6 atom stereocenters. The van der Waals surface area contributed by atoms with Gasteiger partial charge >= 0.3 is 12.1 Å². The first-order chi connectivity index (χ1) is 30.0. The largest absolute Gasteiger partial charge is 0.469 e. The van der Waals surface area contributed by atoms with Gasteiger partial charge in [0.1, 0.15) is 11.9 Å². The van der Waals surface area contributed by atoms with Crippen molar-refractivity contribution in [1.82, 2.24) is 25.1 Å². The molecule has 12 heteroatoms. The molecule has 3 amide bonds. The molecule has 12 nitrogen and oxygen atoms in total. The maximum absolute atomic E-state index is 14.3. The fourth-order valence-corrected chi connectivity index (χ4v) is 11.9. The molecular formula is C50H60N6O6. The number of nitrogens with one attached hydrogen (secondary N) is 2. The zero-order valence-corrected chi connectivity index (χ0v) is 36.5. The fourth-order valence-electron chi connectivity index (χ4n) is 11.9. The molecule has 4 saturated carbocycles. The number of hydrogen-bond donors (Lipinski definition) is 2. The second-order valence-electron chi connectivity index (χ2n) is 20.0. The fraction of sp³-hybridized carbons (Fsp3) is 0.560. The molecule has 2 N–H and O–H groups in total. The smallest absolute Gasteiger partial charge is 0.407 e. The number of H-pyrrole nitrogens is 1. The van der Waals surface area contributed by atoms with Crippen LogP contribution in [-0.4, -0.2) is 87.7 Å². The molecule has 2 unspecified atom stereocenters. The van der Waals surface area contributed by atoms with Gasteiger partial charge in [0.25, 0.3) is 0 Å². The van der Waals surface area contributed by atoms with Gasteiger partial charge in [-0.15, -0.1) is 0 Å². The van der Waals surface area contributed by atoms with Gasteiger partial charge in [-0.3, -0.25) is 19.4 Å². The van der Waals surface area contributed by atoms with Crippen LogP contribution in [0.3, 0.4) is 0 Å². The van der Waals surface area contributed by atoms with Crippen LogP contribution in [0.4, 0.5) is 4.79 Å². The van der Waals surface area contributed by atoms with Gasteiger partial charge in [0.05, 0.1) is 50.5 Å². The summed E-state index contributed by atoms with van der Waals surface area (Å²) in [6.07, 6.45) is 16.6. The van der Waals surface area contributed by atoms with Crippen molar-refractivity contribution in [1.29, 1.82) is 0 Å². The number of ether oxygens (including phenoxy) is 2. The summed E-state index contributed by atoms with van der Waals surface area (Å²) in [7, 11) is 2.75. The predicted molar refractivity (Wildman–Crippen MR) is 235 cm³/mol. The summed E-state index contributed by atoms with van der Waals surface area (Å²) in [5.41, 5.74) is 8.24. The Bertz CT molecular complexity index is 2290. The van der Waals surface area contributed by atoms with Crippen LogP contribution in [0.15, 0.2) is 65.9 Å². The number of imidazole rings is 1. The van der Waals surface area contributed by atoms with Crippen LogP contribution in [0.2, 0.25) is 0 Å². The van der Waals surface area contributed by atoms with Crippen molar-refractivity contribution in [2.24, 2.45) is 33.6 Å². The summed E-state index contributed by atoms with van der Waals surface area (Å²) in [5.74, 6) is 0.575. The second-order valence-corrected chi connectivity index (χ2v) is 20.0. The Morgan fingerprint density at radius 2 is 1.31 bits per heavy atom. The zero-order valence-electron chi connectivity index (χ0n) is 36.5. The van der Waals surface area contributed by atoms with Crippen molar-refractivity contribution < 1.29 is 28.7 Å². The number of aromatic nitrogens is 2. The highest BCUT2D eigenvalue weighted by molar-refractivity contribution is 6.03. The van der Waals surface area contributed by atoms with Crippen LogP contribution in [0.5, 0.6) is 0 Å². The number of benzene rings is 2. The SMILES string of the molecule is COC(=O)CC(C(=O)N1[C@@H](C)CC[C@H]1C1=NC=C(c2ccc(-c3ccc(-c4cnc([C@@H]5CC[C@H](C)N5C(=O)C(NC(=O)OC)C5CC6(CC6)C5)[nH]4)cc3)cc2)C1)C1CC2(CC2)C1. The van der Waals surface area contributed by atoms with Crippen molar-refractivity contribution in [3.8, 4) is 22.4 Å². The molecule has 2 saturated heterocycles. The molecule has 3 aliphatic heterocycles. The summed E-state index contributed by atoms with van der Waals surface area (Å²) < 4.78 is 9.98. The van der Waals surface area contributed by atoms with Crippen LogP contribution in [0.25, 0.3) is 28.0 Å². The molecule has 326 valence electrons. The van der Waals surface area contributed by atoms with E-state index in [1.807, 2.05) is 17.3 Å². The lowest BCUT2D eigenvalue weighted by atomic mass is 9.65. The molecular weight excluding hydrogens is 781 g/mol. The molecule has 6 fully saturated rings. The monoisotopic (exact) mass is 840 g/mol.